The number of benzene rings is 1. The van der Waals surface area contributed by atoms with Crippen LogP contribution < -0.4 is 14.4 Å². The van der Waals surface area contributed by atoms with Crippen LogP contribution in [0.15, 0.2) is 22.5 Å². The van der Waals surface area contributed by atoms with Gasteiger partial charge in [0.1, 0.15) is 0 Å². The molecule has 0 saturated heterocycles. The summed E-state index contributed by atoms with van der Waals surface area (Å²) in [5.41, 5.74) is 0.869. The first kappa shape index (κ1) is 22.4. The molecule has 0 aliphatic heterocycles. The maximum Gasteiger partial charge on any atom is 0.233 e. The second kappa shape index (κ2) is 10.1. The van der Waals surface area contributed by atoms with E-state index < -0.39 is 0 Å². The summed E-state index contributed by atoms with van der Waals surface area (Å²) in [6.45, 7) is 2.25. The van der Waals surface area contributed by atoms with Gasteiger partial charge in [-0.15, -0.1) is 10.2 Å². The highest BCUT2D eigenvalue weighted by Gasteiger charge is 2.35. The van der Waals surface area contributed by atoms with E-state index in [4.69, 9.17) is 9.47 Å². The Balaban J connectivity index is 1.58. The van der Waals surface area contributed by atoms with E-state index in [0.29, 0.717) is 33.9 Å². The van der Waals surface area contributed by atoms with Crippen molar-refractivity contribution in [2.24, 2.45) is 0 Å². The quantitative estimate of drug-likeness (QED) is 0.406. The molecule has 0 unspecified atom stereocenters. The molecule has 1 aromatic heterocycles. The van der Waals surface area contributed by atoms with Crippen molar-refractivity contribution in [2.45, 2.75) is 43.1 Å². The largest absolute Gasteiger partial charge is 0.493 e. The normalized spacial score (nSPS) is 13.1. The molecule has 2 amide bonds. The number of carbonyl (C=O) groups excluding carboxylic acids is 2. The average molecular weight is 451 g/mol. The van der Waals surface area contributed by atoms with Gasteiger partial charge in [-0.3, -0.25) is 14.5 Å². The van der Waals surface area contributed by atoms with E-state index in [9.17, 15) is 9.59 Å². The summed E-state index contributed by atoms with van der Waals surface area (Å²) in [6, 6.07) is 5.85. The number of hydrogen-bond acceptors (Lipinski definition) is 8. The molecule has 1 fully saturated rings. The highest BCUT2D eigenvalue weighted by Crippen LogP contribution is 2.36. The minimum absolute atomic E-state index is 0.0368. The van der Waals surface area contributed by atoms with Gasteiger partial charge in [0.15, 0.2) is 15.8 Å². The molecule has 0 radical (unpaired) electrons. The van der Waals surface area contributed by atoms with Crippen LogP contribution >= 0.6 is 23.1 Å². The van der Waals surface area contributed by atoms with Crippen molar-refractivity contribution in [3.63, 3.8) is 0 Å². The first-order valence-electron chi connectivity index (χ1n) is 9.70. The Kier molecular flexibility index (Phi) is 7.54. The maximum atomic E-state index is 12.6. The number of aromatic nitrogens is 2. The van der Waals surface area contributed by atoms with Crippen molar-refractivity contribution in [3.8, 4) is 11.5 Å². The van der Waals surface area contributed by atoms with Crippen LogP contribution in [-0.2, 0) is 16.1 Å². The molecule has 0 N–H and O–H groups in total. The van der Waals surface area contributed by atoms with E-state index in [-0.39, 0.29) is 23.6 Å². The fraction of sp³-hybridized carbons (Fsp3) is 0.500. The fourth-order valence-electron chi connectivity index (χ4n) is 2.98. The molecule has 1 heterocycles. The molecule has 1 saturated carbocycles. The van der Waals surface area contributed by atoms with Crippen LogP contribution in [0.3, 0.4) is 0 Å². The second-order valence-corrected chi connectivity index (χ2v) is 9.07. The third kappa shape index (κ3) is 5.23. The molecule has 1 aliphatic carbocycles. The van der Waals surface area contributed by atoms with Crippen molar-refractivity contribution in [1.29, 1.82) is 0 Å². The van der Waals surface area contributed by atoms with Crippen LogP contribution in [0.5, 0.6) is 11.5 Å². The van der Waals surface area contributed by atoms with Gasteiger partial charge in [0.05, 0.1) is 20.0 Å². The first-order valence-corrected chi connectivity index (χ1v) is 11.5. The monoisotopic (exact) mass is 450 g/mol. The van der Waals surface area contributed by atoms with Crippen LogP contribution in [0.2, 0.25) is 0 Å². The summed E-state index contributed by atoms with van der Waals surface area (Å²) in [5.74, 6) is 1.52. The molecule has 2 aromatic rings. The van der Waals surface area contributed by atoms with Crippen LogP contribution in [0.25, 0.3) is 0 Å². The van der Waals surface area contributed by atoms with Gasteiger partial charge < -0.3 is 14.4 Å². The molecular weight excluding hydrogens is 424 g/mol. The summed E-state index contributed by atoms with van der Waals surface area (Å²) in [6.07, 6.45) is 2.45. The van der Waals surface area contributed by atoms with Gasteiger partial charge in [-0.05, 0) is 18.9 Å². The summed E-state index contributed by atoms with van der Waals surface area (Å²) in [7, 11) is 4.92. The molecular formula is C20H26N4O4S2. The van der Waals surface area contributed by atoms with Crippen molar-refractivity contribution in [2.75, 3.05) is 31.9 Å². The number of rotatable bonds is 10. The van der Waals surface area contributed by atoms with E-state index in [2.05, 4.69) is 10.2 Å². The van der Waals surface area contributed by atoms with Gasteiger partial charge in [0.25, 0.3) is 0 Å². The molecule has 10 heteroatoms. The molecule has 0 bridgehead atoms. The second-order valence-electron chi connectivity index (χ2n) is 6.89. The molecule has 8 nitrogen and oxygen atoms in total. The summed E-state index contributed by atoms with van der Waals surface area (Å²) < 4.78 is 11.4. The number of amides is 2. The van der Waals surface area contributed by atoms with Crippen molar-refractivity contribution >= 4 is 40.0 Å². The fourth-order valence-corrected chi connectivity index (χ4v) is 4.85. The lowest BCUT2D eigenvalue weighted by molar-refractivity contribution is -0.127. The van der Waals surface area contributed by atoms with E-state index in [0.717, 1.165) is 18.4 Å². The zero-order valence-corrected chi connectivity index (χ0v) is 19.2. The van der Waals surface area contributed by atoms with Crippen LogP contribution in [0.1, 0.15) is 31.7 Å². The van der Waals surface area contributed by atoms with E-state index >= 15 is 0 Å². The lowest BCUT2D eigenvalue weighted by Gasteiger charge is -2.19. The van der Waals surface area contributed by atoms with Gasteiger partial charge in [0.2, 0.25) is 16.9 Å². The smallest absolute Gasteiger partial charge is 0.233 e. The van der Waals surface area contributed by atoms with Crippen LogP contribution in [0, 0.1) is 0 Å². The molecule has 162 valence electrons. The zero-order chi connectivity index (χ0) is 21.7. The SMILES string of the molecule is CCC(=O)N(c1nnc(SCC(=O)N(C)Cc2cccc(OC)c2OC)s1)C1CC1. The first-order chi connectivity index (χ1) is 14.5. The Bertz CT molecular complexity index is 901. The number of methoxy groups -OCH3 is 2. The minimum Gasteiger partial charge on any atom is -0.493 e. The van der Waals surface area contributed by atoms with E-state index in [1.807, 2.05) is 25.1 Å². The summed E-state index contributed by atoms with van der Waals surface area (Å²) in [4.78, 5) is 28.2. The number of thioether (sulfide) groups is 1. The highest BCUT2D eigenvalue weighted by atomic mass is 32.2. The number of nitrogens with zero attached hydrogens (tertiary/aromatic N) is 4. The Morgan fingerprint density at radius 1 is 1.20 bits per heavy atom. The molecule has 0 atom stereocenters. The number of anilines is 1. The molecule has 0 spiro atoms. The van der Waals surface area contributed by atoms with Crippen LogP contribution in [-0.4, -0.2) is 60.0 Å². The lowest BCUT2D eigenvalue weighted by atomic mass is 10.1. The third-order valence-corrected chi connectivity index (χ3v) is 6.76. The zero-order valence-electron chi connectivity index (χ0n) is 17.6. The van der Waals surface area contributed by atoms with Crippen molar-refractivity contribution < 1.29 is 19.1 Å². The Morgan fingerprint density at radius 3 is 2.60 bits per heavy atom. The lowest BCUT2D eigenvalue weighted by Crippen LogP contribution is -2.32. The van der Waals surface area contributed by atoms with Gasteiger partial charge in [-0.2, -0.15) is 0 Å². The topological polar surface area (TPSA) is 84.9 Å². The van der Waals surface area contributed by atoms with E-state index in [1.165, 1.54) is 23.1 Å². The van der Waals surface area contributed by atoms with Gasteiger partial charge >= 0.3 is 0 Å². The summed E-state index contributed by atoms with van der Waals surface area (Å²) >= 11 is 2.69. The van der Waals surface area contributed by atoms with Crippen LogP contribution in [0.4, 0.5) is 5.13 Å². The third-order valence-electron chi connectivity index (χ3n) is 4.72. The molecule has 1 aliphatic rings. The molecule has 1 aromatic carbocycles. The number of carbonyl (C=O) groups is 2. The number of para-hydroxylation sites is 1. The van der Waals surface area contributed by atoms with Gasteiger partial charge in [0, 0.05) is 31.6 Å². The standard InChI is InChI=1S/C20H26N4O4S2/c1-5-16(25)24(14-9-10-14)19-21-22-20(30-19)29-12-17(26)23(2)11-13-7-6-8-15(27-3)18(13)28-4/h6-8,14H,5,9-12H2,1-4H3. The molecule has 3 rings (SSSR count). The Labute approximate surface area is 184 Å². The predicted molar refractivity (Wildman–Crippen MR) is 117 cm³/mol. The highest BCUT2D eigenvalue weighted by molar-refractivity contribution is 8.01. The summed E-state index contributed by atoms with van der Waals surface area (Å²) in [5, 5.41) is 8.96. The number of ether oxygens (including phenoxy) is 2. The minimum atomic E-state index is -0.0368. The molecule has 30 heavy (non-hydrogen) atoms. The Hall–Kier alpha value is -2.33. The van der Waals surface area contributed by atoms with Gasteiger partial charge in [-0.25, -0.2) is 0 Å². The van der Waals surface area contributed by atoms with Crippen molar-refractivity contribution in [3.05, 3.63) is 23.8 Å². The maximum absolute atomic E-state index is 12.6. The predicted octanol–water partition coefficient (Wildman–Crippen LogP) is 3.21. The Morgan fingerprint density at radius 2 is 1.97 bits per heavy atom. The number of hydrogen-bond donors (Lipinski definition) is 0. The van der Waals surface area contributed by atoms with Gasteiger partial charge in [-0.1, -0.05) is 42.2 Å². The average Bonchev–Trinajstić information content (AvgIpc) is 3.48. The van der Waals surface area contributed by atoms with E-state index in [1.54, 1.807) is 31.1 Å². The van der Waals surface area contributed by atoms with Crippen molar-refractivity contribution in [1.82, 2.24) is 15.1 Å².